The highest BCUT2D eigenvalue weighted by Crippen LogP contribution is 2.35. The molecule has 0 saturated heterocycles. The molecule has 0 unspecified atom stereocenters. The number of aliphatic hydroxyl groups excluding tert-OH is 1. The lowest BCUT2D eigenvalue weighted by atomic mass is 9.75. The SMILES string of the molecule is Nc1cc(Br)ccc1S(=O)(=O)NCC1(CO)CCCCC1. The van der Waals surface area contributed by atoms with Gasteiger partial charge < -0.3 is 10.8 Å². The van der Waals surface area contributed by atoms with E-state index in [0.717, 1.165) is 36.6 Å². The van der Waals surface area contributed by atoms with Crippen molar-refractivity contribution in [2.24, 2.45) is 5.41 Å². The molecule has 2 rings (SSSR count). The van der Waals surface area contributed by atoms with Gasteiger partial charge in [-0.2, -0.15) is 0 Å². The molecular weight excluding hydrogens is 356 g/mol. The molecule has 1 aromatic carbocycles. The van der Waals surface area contributed by atoms with Crippen LogP contribution in [0.25, 0.3) is 0 Å². The van der Waals surface area contributed by atoms with Crippen LogP contribution >= 0.6 is 15.9 Å². The van der Waals surface area contributed by atoms with Crippen LogP contribution in [0.1, 0.15) is 32.1 Å². The molecule has 0 radical (unpaired) electrons. The highest BCUT2D eigenvalue weighted by Gasteiger charge is 2.33. The first-order valence-electron chi connectivity index (χ1n) is 7.04. The lowest BCUT2D eigenvalue weighted by Crippen LogP contribution is -2.41. The summed E-state index contributed by atoms with van der Waals surface area (Å²) in [6.07, 6.45) is 4.91. The van der Waals surface area contributed by atoms with Crippen LogP contribution in [0.2, 0.25) is 0 Å². The molecule has 5 nitrogen and oxygen atoms in total. The van der Waals surface area contributed by atoms with Crippen molar-refractivity contribution in [1.82, 2.24) is 4.72 Å². The lowest BCUT2D eigenvalue weighted by molar-refractivity contribution is 0.0867. The smallest absolute Gasteiger partial charge is 0.242 e. The largest absolute Gasteiger partial charge is 0.398 e. The molecule has 21 heavy (non-hydrogen) atoms. The van der Waals surface area contributed by atoms with Gasteiger partial charge in [-0.25, -0.2) is 13.1 Å². The van der Waals surface area contributed by atoms with E-state index >= 15 is 0 Å². The van der Waals surface area contributed by atoms with Crippen molar-refractivity contribution >= 4 is 31.6 Å². The van der Waals surface area contributed by atoms with E-state index in [9.17, 15) is 13.5 Å². The summed E-state index contributed by atoms with van der Waals surface area (Å²) in [5.41, 5.74) is 5.65. The highest BCUT2D eigenvalue weighted by molar-refractivity contribution is 9.10. The van der Waals surface area contributed by atoms with Crippen LogP contribution in [0.3, 0.4) is 0 Å². The number of benzene rings is 1. The number of nitrogen functional groups attached to an aromatic ring is 1. The standard InChI is InChI=1S/C14H21BrN2O3S/c15-11-4-5-13(12(16)8-11)21(19,20)17-9-14(10-18)6-2-1-3-7-14/h4-5,8,17-18H,1-3,6-7,9-10,16H2. The number of rotatable bonds is 5. The molecule has 0 spiro atoms. The fraction of sp³-hybridized carbons (Fsp3) is 0.571. The fourth-order valence-corrected chi connectivity index (χ4v) is 4.43. The van der Waals surface area contributed by atoms with Crippen LogP contribution in [0, 0.1) is 5.41 Å². The van der Waals surface area contributed by atoms with Crippen LogP contribution in [0.15, 0.2) is 27.6 Å². The zero-order valence-electron chi connectivity index (χ0n) is 11.8. The Bertz CT molecular complexity index is 598. The van der Waals surface area contributed by atoms with Gasteiger partial charge in [0.2, 0.25) is 10.0 Å². The summed E-state index contributed by atoms with van der Waals surface area (Å²) in [7, 11) is -3.66. The van der Waals surface area contributed by atoms with Gasteiger partial charge in [-0.3, -0.25) is 0 Å². The average molecular weight is 377 g/mol. The summed E-state index contributed by atoms with van der Waals surface area (Å²) in [5, 5.41) is 9.63. The third kappa shape index (κ3) is 3.97. The van der Waals surface area contributed by atoms with Crippen LogP contribution in [0.4, 0.5) is 5.69 Å². The van der Waals surface area contributed by atoms with Gasteiger partial charge >= 0.3 is 0 Å². The minimum Gasteiger partial charge on any atom is -0.398 e. The first kappa shape index (κ1) is 16.7. The van der Waals surface area contributed by atoms with Gasteiger partial charge in [0, 0.05) is 23.0 Å². The molecule has 0 bridgehead atoms. The Kier molecular flexibility index (Phi) is 5.29. The van der Waals surface area contributed by atoms with Gasteiger partial charge in [-0.05, 0) is 31.0 Å². The number of halogens is 1. The molecule has 1 aliphatic rings. The number of nitrogens with two attached hydrogens (primary N) is 1. The number of anilines is 1. The molecule has 0 amide bonds. The predicted molar refractivity (Wildman–Crippen MR) is 86.3 cm³/mol. The third-order valence-corrected chi connectivity index (χ3v) is 6.12. The highest BCUT2D eigenvalue weighted by atomic mass is 79.9. The second kappa shape index (κ2) is 6.64. The van der Waals surface area contributed by atoms with Gasteiger partial charge in [-0.15, -0.1) is 0 Å². The maximum absolute atomic E-state index is 12.4. The zero-order valence-corrected chi connectivity index (χ0v) is 14.2. The number of hydrogen-bond acceptors (Lipinski definition) is 4. The van der Waals surface area contributed by atoms with E-state index in [1.54, 1.807) is 12.1 Å². The number of hydrogen-bond donors (Lipinski definition) is 3. The van der Waals surface area contributed by atoms with E-state index in [1.165, 1.54) is 6.07 Å². The van der Waals surface area contributed by atoms with Gasteiger partial charge in [0.25, 0.3) is 0 Å². The van der Waals surface area contributed by atoms with Crippen LogP contribution in [0.5, 0.6) is 0 Å². The molecule has 1 aliphatic carbocycles. The van der Waals surface area contributed by atoms with Crippen molar-refractivity contribution < 1.29 is 13.5 Å². The van der Waals surface area contributed by atoms with Crippen molar-refractivity contribution in [2.75, 3.05) is 18.9 Å². The second-order valence-electron chi connectivity index (χ2n) is 5.73. The molecule has 1 fully saturated rings. The quantitative estimate of drug-likeness (QED) is 0.687. The summed E-state index contributed by atoms with van der Waals surface area (Å²) in [4.78, 5) is 0.0783. The van der Waals surface area contributed by atoms with Crippen molar-refractivity contribution in [3.63, 3.8) is 0 Å². The van der Waals surface area contributed by atoms with E-state index in [-0.39, 0.29) is 29.1 Å². The van der Waals surface area contributed by atoms with E-state index < -0.39 is 10.0 Å². The predicted octanol–water partition coefficient (Wildman–Crippen LogP) is 2.25. The molecule has 1 saturated carbocycles. The van der Waals surface area contributed by atoms with Gasteiger partial charge in [0.1, 0.15) is 4.90 Å². The maximum atomic E-state index is 12.4. The number of sulfonamides is 1. The molecule has 118 valence electrons. The van der Waals surface area contributed by atoms with Gasteiger partial charge in [0.05, 0.1) is 5.69 Å². The Balaban J connectivity index is 2.13. The maximum Gasteiger partial charge on any atom is 0.242 e. The first-order valence-corrected chi connectivity index (χ1v) is 9.32. The first-order chi connectivity index (χ1) is 9.88. The van der Waals surface area contributed by atoms with Gasteiger partial charge in [-0.1, -0.05) is 35.2 Å². The Morgan fingerprint density at radius 2 is 1.95 bits per heavy atom. The summed E-state index contributed by atoms with van der Waals surface area (Å²) >= 11 is 3.26. The van der Waals surface area contributed by atoms with E-state index in [0.29, 0.717) is 0 Å². The molecule has 7 heteroatoms. The molecule has 0 aromatic heterocycles. The summed E-state index contributed by atoms with van der Waals surface area (Å²) < 4.78 is 28.1. The Morgan fingerprint density at radius 3 is 2.52 bits per heavy atom. The Hall–Kier alpha value is -0.630. The molecule has 0 atom stereocenters. The number of nitrogens with one attached hydrogen (secondary N) is 1. The molecule has 1 aromatic rings. The summed E-state index contributed by atoms with van der Waals surface area (Å²) in [5.74, 6) is 0. The summed E-state index contributed by atoms with van der Waals surface area (Å²) in [6, 6.07) is 4.69. The average Bonchev–Trinajstić information content (AvgIpc) is 2.46. The van der Waals surface area contributed by atoms with E-state index in [2.05, 4.69) is 20.7 Å². The van der Waals surface area contributed by atoms with Gasteiger partial charge in [0.15, 0.2) is 0 Å². The molecule has 0 heterocycles. The monoisotopic (exact) mass is 376 g/mol. The topological polar surface area (TPSA) is 92.4 Å². The normalized spacial score (nSPS) is 18.6. The lowest BCUT2D eigenvalue weighted by Gasteiger charge is -2.35. The fourth-order valence-electron chi connectivity index (χ4n) is 2.78. The van der Waals surface area contributed by atoms with E-state index in [4.69, 9.17) is 5.73 Å². The minimum absolute atomic E-state index is 0.00530. The summed E-state index contributed by atoms with van der Waals surface area (Å²) in [6.45, 7) is 0.257. The van der Waals surface area contributed by atoms with Crippen molar-refractivity contribution in [3.05, 3.63) is 22.7 Å². The zero-order chi connectivity index (χ0) is 15.5. The minimum atomic E-state index is -3.66. The molecule has 0 aliphatic heterocycles. The number of aliphatic hydroxyl groups is 1. The Labute approximate surface area is 134 Å². The molecule has 4 N–H and O–H groups in total. The third-order valence-electron chi connectivity index (χ3n) is 4.15. The molecular formula is C14H21BrN2O3S. The van der Waals surface area contributed by atoms with Crippen molar-refractivity contribution in [3.8, 4) is 0 Å². The van der Waals surface area contributed by atoms with Crippen LogP contribution in [-0.4, -0.2) is 26.7 Å². The van der Waals surface area contributed by atoms with Crippen LogP contribution < -0.4 is 10.5 Å². The van der Waals surface area contributed by atoms with Crippen molar-refractivity contribution in [1.29, 1.82) is 0 Å². The Morgan fingerprint density at radius 1 is 1.29 bits per heavy atom. The second-order valence-corrected chi connectivity index (χ2v) is 8.38. The van der Waals surface area contributed by atoms with E-state index in [1.807, 2.05) is 0 Å². The van der Waals surface area contributed by atoms with Crippen LogP contribution in [-0.2, 0) is 10.0 Å². The van der Waals surface area contributed by atoms with Crippen molar-refractivity contribution in [2.45, 2.75) is 37.0 Å².